The Morgan fingerprint density at radius 2 is 1.89 bits per heavy atom. The molecule has 1 aliphatic carbocycles. The molecule has 1 aromatic carbocycles. The Labute approximate surface area is 173 Å². The van der Waals surface area contributed by atoms with Crippen molar-refractivity contribution >= 4 is 31.9 Å². The predicted molar refractivity (Wildman–Crippen MR) is 106 cm³/mol. The van der Waals surface area contributed by atoms with Gasteiger partial charge in [0, 0.05) is 36.9 Å². The van der Waals surface area contributed by atoms with Gasteiger partial charge in [-0.05, 0) is 66.2 Å². The zero-order chi connectivity index (χ0) is 20.7. The molecule has 9 heteroatoms. The molecule has 1 atom stereocenters. The van der Waals surface area contributed by atoms with Crippen LogP contribution in [0.5, 0.6) is 0 Å². The number of rotatable bonds is 4. The Bertz CT molecular complexity index is 853. The Morgan fingerprint density at radius 3 is 2.50 bits per heavy atom. The molecule has 0 spiro atoms. The average molecular weight is 479 g/mol. The first-order valence-electron chi connectivity index (χ1n) is 9.45. The molecule has 0 radical (unpaired) electrons. The van der Waals surface area contributed by atoms with Crippen molar-refractivity contribution in [2.75, 3.05) is 13.6 Å². The van der Waals surface area contributed by atoms with E-state index < -0.39 is 22.0 Å². The van der Waals surface area contributed by atoms with Crippen LogP contribution in [0.15, 0.2) is 27.6 Å². The molecule has 1 aromatic rings. The lowest BCUT2D eigenvalue weighted by Crippen LogP contribution is -2.50. The third kappa shape index (κ3) is 4.26. The highest BCUT2D eigenvalue weighted by atomic mass is 79.9. The lowest BCUT2D eigenvalue weighted by atomic mass is 9.91. The largest absolute Gasteiger partial charge is 0.341 e. The zero-order valence-electron chi connectivity index (χ0n) is 16.0. The first-order valence-corrected chi connectivity index (χ1v) is 11.7. The minimum atomic E-state index is -3.84. The van der Waals surface area contributed by atoms with E-state index in [-0.39, 0.29) is 49.1 Å². The van der Waals surface area contributed by atoms with Crippen molar-refractivity contribution in [1.29, 1.82) is 0 Å². The maximum atomic E-state index is 13.4. The number of hydrogen-bond acceptors (Lipinski definition) is 3. The second-order valence-corrected chi connectivity index (χ2v) is 10.5. The molecule has 0 unspecified atom stereocenters. The predicted octanol–water partition coefficient (Wildman–Crippen LogP) is 3.95. The Balaban J connectivity index is 1.79. The van der Waals surface area contributed by atoms with E-state index in [0.29, 0.717) is 17.3 Å². The molecule has 1 aliphatic heterocycles. The molecular weight excluding hydrogens is 454 g/mol. The molecule has 28 heavy (non-hydrogen) atoms. The molecule has 1 saturated carbocycles. The summed E-state index contributed by atoms with van der Waals surface area (Å²) in [7, 11) is -2.25. The van der Waals surface area contributed by atoms with E-state index in [2.05, 4.69) is 15.9 Å². The molecule has 5 nitrogen and oxygen atoms in total. The monoisotopic (exact) mass is 478 g/mol. The minimum absolute atomic E-state index is 0.137. The highest BCUT2D eigenvalue weighted by Gasteiger charge is 2.44. The van der Waals surface area contributed by atoms with Crippen molar-refractivity contribution in [1.82, 2.24) is 9.21 Å². The number of halogens is 3. The van der Waals surface area contributed by atoms with Crippen LogP contribution in [0.1, 0.15) is 44.1 Å². The fraction of sp³-hybridized carbons (Fsp3) is 0.632. The highest BCUT2D eigenvalue weighted by Crippen LogP contribution is 2.36. The summed E-state index contributed by atoms with van der Waals surface area (Å²) in [4.78, 5) is 14.7. The van der Waals surface area contributed by atoms with Gasteiger partial charge in [0.25, 0.3) is 0 Å². The number of carbonyl (C=O) groups excluding carboxylic acids is 1. The lowest BCUT2D eigenvalue weighted by Gasteiger charge is -2.37. The van der Waals surface area contributed by atoms with Gasteiger partial charge in [-0.3, -0.25) is 4.79 Å². The van der Waals surface area contributed by atoms with Gasteiger partial charge in [0.2, 0.25) is 21.9 Å². The molecule has 2 aliphatic rings. The molecule has 3 rings (SSSR count). The molecule has 1 amide bonds. The summed E-state index contributed by atoms with van der Waals surface area (Å²) >= 11 is 3.32. The first kappa shape index (κ1) is 21.6. The van der Waals surface area contributed by atoms with Crippen molar-refractivity contribution in [3.8, 4) is 0 Å². The number of amides is 1. The lowest BCUT2D eigenvalue weighted by molar-refractivity contribution is -0.138. The normalized spacial score (nSPS) is 23.7. The van der Waals surface area contributed by atoms with E-state index in [4.69, 9.17) is 0 Å². The minimum Gasteiger partial charge on any atom is -0.341 e. The summed E-state index contributed by atoms with van der Waals surface area (Å²) in [5.41, 5.74) is 0.925. The molecule has 1 saturated heterocycles. The van der Waals surface area contributed by atoms with Crippen LogP contribution < -0.4 is 0 Å². The van der Waals surface area contributed by atoms with Gasteiger partial charge in [0.15, 0.2) is 0 Å². The van der Waals surface area contributed by atoms with Crippen molar-refractivity contribution in [2.45, 2.75) is 68.4 Å². The third-order valence-electron chi connectivity index (χ3n) is 5.74. The van der Waals surface area contributed by atoms with Gasteiger partial charge in [0.1, 0.15) is 6.04 Å². The second-order valence-electron chi connectivity index (χ2n) is 7.74. The SMILES string of the molecule is Cc1ccc(S(=O)(=O)N2CCC[C@H]2C(=O)N(C)C2CCC(F)(F)CC2)c(Br)c1. The standard InChI is InChI=1S/C19H25BrF2N2O3S/c1-13-5-6-17(15(20)12-13)28(26,27)24-11-3-4-16(24)18(25)23(2)14-7-9-19(21,22)10-8-14/h5-6,12,14,16H,3-4,7-11H2,1-2H3/t16-/m0/s1. The fourth-order valence-electron chi connectivity index (χ4n) is 4.04. The summed E-state index contributed by atoms with van der Waals surface area (Å²) < 4.78 is 55.0. The molecule has 0 N–H and O–H groups in total. The number of likely N-dealkylation sites (N-methyl/N-ethyl adjacent to an activating group) is 1. The molecule has 1 heterocycles. The first-order chi connectivity index (χ1) is 13.0. The topological polar surface area (TPSA) is 57.7 Å². The van der Waals surface area contributed by atoms with Gasteiger partial charge in [-0.25, -0.2) is 17.2 Å². The number of nitrogens with zero attached hydrogens (tertiary/aromatic N) is 2. The van der Waals surface area contributed by atoms with Crippen LogP contribution in [0.3, 0.4) is 0 Å². The third-order valence-corrected chi connectivity index (χ3v) is 8.63. The van der Waals surface area contributed by atoms with Gasteiger partial charge in [0.05, 0.1) is 4.90 Å². The van der Waals surface area contributed by atoms with E-state index in [1.54, 1.807) is 25.2 Å². The van der Waals surface area contributed by atoms with Crippen LogP contribution in [0, 0.1) is 6.92 Å². The fourth-order valence-corrected chi connectivity index (χ4v) is 6.85. The summed E-state index contributed by atoms with van der Waals surface area (Å²) in [6, 6.07) is 3.93. The maximum Gasteiger partial charge on any atom is 0.248 e. The number of alkyl halides is 2. The van der Waals surface area contributed by atoms with E-state index in [9.17, 15) is 22.0 Å². The highest BCUT2D eigenvalue weighted by molar-refractivity contribution is 9.10. The van der Waals surface area contributed by atoms with Gasteiger partial charge in [-0.2, -0.15) is 4.31 Å². The van der Waals surface area contributed by atoms with Crippen LogP contribution in [0.2, 0.25) is 0 Å². The van der Waals surface area contributed by atoms with Gasteiger partial charge in [-0.15, -0.1) is 0 Å². The van der Waals surface area contributed by atoms with Gasteiger partial charge in [-0.1, -0.05) is 6.07 Å². The smallest absolute Gasteiger partial charge is 0.248 e. The molecule has 2 fully saturated rings. The Hall–Kier alpha value is -1.06. The maximum absolute atomic E-state index is 13.4. The number of sulfonamides is 1. The summed E-state index contributed by atoms with van der Waals surface area (Å²) in [6.07, 6.45) is 1.03. The Morgan fingerprint density at radius 1 is 1.25 bits per heavy atom. The molecular formula is C19H25BrF2N2O3S. The van der Waals surface area contributed by atoms with Crippen LogP contribution in [-0.2, 0) is 14.8 Å². The zero-order valence-corrected chi connectivity index (χ0v) is 18.4. The number of carbonyl (C=O) groups is 1. The molecule has 0 aromatic heterocycles. The van der Waals surface area contributed by atoms with Crippen molar-refractivity contribution < 1.29 is 22.0 Å². The molecule has 156 valence electrons. The van der Waals surface area contributed by atoms with E-state index in [1.165, 1.54) is 9.21 Å². The second kappa shape index (κ2) is 7.99. The van der Waals surface area contributed by atoms with E-state index >= 15 is 0 Å². The van der Waals surface area contributed by atoms with E-state index in [0.717, 1.165) is 5.56 Å². The average Bonchev–Trinajstić information content (AvgIpc) is 3.10. The van der Waals surface area contributed by atoms with Gasteiger partial charge < -0.3 is 4.90 Å². The Kier molecular flexibility index (Phi) is 6.18. The summed E-state index contributed by atoms with van der Waals surface area (Å²) in [5, 5.41) is 0. The number of benzene rings is 1. The van der Waals surface area contributed by atoms with Crippen molar-refractivity contribution in [2.24, 2.45) is 0 Å². The van der Waals surface area contributed by atoms with Crippen LogP contribution >= 0.6 is 15.9 Å². The molecule has 0 bridgehead atoms. The van der Waals surface area contributed by atoms with E-state index in [1.807, 2.05) is 6.92 Å². The number of hydrogen-bond donors (Lipinski definition) is 0. The van der Waals surface area contributed by atoms with Crippen LogP contribution in [0.4, 0.5) is 8.78 Å². The van der Waals surface area contributed by atoms with Gasteiger partial charge >= 0.3 is 0 Å². The van der Waals surface area contributed by atoms with Crippen LogP contribution in [-0.4, -0.2) is 55.1 Å². The van der Waals surface area contributed by atoms with Crippen molar-refractivity contribution in [3.63, 3.8) is 0 Å². The van der Waals surface area contributed by atoms with Crippen LogP contribution in [0.25, 0.3) is 0 Å². The van der Waals surface area contributed by atoms with Crippen molar-refractivity contribution in [3.05, 3.63) is 28.2 Å². The summed E-state index contributed by atoms with van der Waals surface area (Å²) in [5.74, 6) is -2.97. The number of aryl methyl sites for hydroxylation is 1. The summed E-state index contributed by atoms with van der Waals surface area (Å²) in [6.45, 7) is 2.14. The quantitative estimate of drug-likeness (QED) is 0.658.